The molecule has 0 aromatic carbocycles. The van der Waals surface area contributed by atoms with Crippen LogP contribution in [0, 0.1) is 17.3 Å². The molecule has 4 atom stereocenters. The van der Waals surface area contributed by atoms with Gasteiger partial charge in [-0.2, -0.15) is 0 Å². The smallest absolute Gasteiger partial charge is 0.178 e. The van der Waals surface area contributed by atoms with E-state index in [0.29, 0.717) is 19.1 Å². The predicted molar refractivity (Wildman–Crippen MR) is 78.1 cm³/mol. The fraction of sp³-hybridized carbons (Fsp3) is 0.647. The third kappa shape index (κ3) is 1.70. The van der Waals surface area contributed by atoms with Gasteiger partial charge in [-0.15, -0.1) is 13.2 Å². The molecule has 4 aliphatic rings. The SMILES string of the molecule is C=CC[C@]12C=C(C)[C@H](C[C@@H]1[C@H](O)C=C)CC21OCCO1. The first-order chi connectivity index (χ1) is 9.58. The maximum atomic E-state index is 10.4. The van der Waals surface area contributed by atoms with Crippen LogP contribution in [0.1, 0.15) is 26.2 Å². The van der Waals surface area contributed by atoms with Crippen molar-refractivity contribution in [2.24, 2.45) is 17.3 Å². The molecular weight excluding hydrogens is 252 g/mol. The Kier molecular flexibility index (Phi) is 3.39. The number of ether oxygens (including phenoxy) is 2. The zero-order valence-electron chi connectivity index (χ0n) is 12.2. The topological polar surface area (TPSA) is 38.7 Å². The molecule has 1 aliphatic heterocycles. The minimum Gasteiger partial charge on any atom is -0.389 e. The van der Waals surface area contributed by atoms with E-state index in [9.17, 15) is 5.11 Å². The average molecular weight is 276 g/mol. The minimum absolute atomic E-state index is 0.0820. The van der Waals surface area contributed by atoms with Crippen LogP contribution in [0.5, 0.6) is 0 Å². The standard InChI is InChI=1S/C17H24O3/c1-4-6-16-10-12(3)13(9-14(16)15(18)5-2)11-17(16)19-7-8-20-17/h4-5,10,13-15,18H,1-2,6-9,11H2,3H3/t13-,14-,15-,16+/m1/s1. The molecule has 1 N–H and O–H groups in total. The second-order valence-electron chi connectivity index (χ2n) is 6.34. The molecule has 0 unspecified atom stereocenters. The Morgan fingerprint density at radius 2 is 2.15 bits per heavy atom. The van der Waals surface area contributed by atoms with Crippen LogP contribution in [0.3, 0.4) is 0 Å². The van der Waals surface area contributed by atoms with Crippen LogP contribution in [-0.2, 0) is 9.47 Å². The normalized spacial score (nSPS) is 39.6. The van der Waals surface area contributed by atoms with E-state index in [1.165, 1.54) is 5.57 Å². The lowest BCUT2D eigenvalue weighted by Crippen LogP contribution is -2.62. The second-order valence-corrected chi connectivity index (χ2v) is 6.34. The van der Waals surface area contributed by atoms with E-state index in [-0.39, 0.29) is 11.3 Å². The highest BCUT2D eigenvalue weighted by Crippen LogP contribution is 2.63. The molecule has 20 heavy (non-hydrogen) atoms. The van der Waals surface area contributed by atoms with E-state index in [4.69, 9.17) is 9.47 Å². The Morgan fingerprint density at radius 3 is 2.75 bits per heavy atom. The predicted octanol–water partition coefficient (Wildman–Crippen LogP) is 2.83. The van der Waals surface area contributed by atoms with Crippen LogP contribution in [-0.4, -0.2) is 30.2 Å². The van der Waals surface area contributed by atoms with Crippen molar-refractivity contribution in [2.45, 2.75) is 38.1 Å². The zero-order valence-corrected chi connectivity index (χ0v) is 12.2. The summed E-state index contributed by atoms with van der Waals surface area (Å²) in [6.45, 7) is 11.1. The van der Waals surface area contributed by atoms with Crippen molar-refractivity contribution in [1.82, 2.24) is 0 Å². The molecule has 110 valence electrons. The fourth-order valence-electron chi connectivity index (χ4n) is 4.54. The summed E-state index contributed by atoms with van der Waals surface area (Å²) in [4.78, 5) is 0. The lowest BCUT2D eigenvalue weighted by atomic mass is 9.51. The van der Waals surface area contributed by atoms with Gasteiger partial charge in [-0.05, 0) is 25.7 Å². The minimum atomic E-state index is -0.585. The molecule has 3 heteroatoms. The number of aliphatic hydroxyl groups is 1. The number of allylic oxidation sites excluding steroid dienone is 2. The fourth-order valence-corrected chi connectivity index (χ4v) is 4.54. The van der Waals surface area contributed by atoms with Gasteiger partial charge in [0.05, 0.1) is 24.7 Å². The van der Waals surface area contributed by atoms with Crippen molar-refractivity contribution in [1.29, 1.82) is 0 Å². The van der Waals surface area contributed by atoms with E-state index in [1.54, 1.807) is 6.08 Å². The maximum Gasteiger partial charge on any atom is 0.178 e. The van der Waals surface area contributed by atoms with Crippen molar-refractivity contribution in [3.05, 3.63) is 37.0 Å². The Bertz CT molecular complexity index is 447. The molecule has 3 aliphatic carbocycles. The van der Waals surface area contributed by atoms with Gasteiger partial charge in [-0.25, -0.2) is 0 Å². The Labute approximate surface area is 121 Å². The van der Waals surface area contributed by atoms with Crippen LogP contribution in [0.4, 0.5) is 0 Å². The summed E-state index contributed by atoms with van der Waals surface area (Å²) in [5.41, 5.74) is 1.07. The molecule has 2 fully saturated rings. The van der Waals surface area contributed by atoms with Gasteiger partial charge in [0, 0.05) is 12.3 Å². The van der Waals surface area contributed by atoms with Gasteiger partial charge in [-0.3, -0.25) is 0 Å². The van der Waals surface area contributed by atoms with Crippen LogP contribution in [0.2, 0.25) is 0 Å². The van der Waals surface area contributed by atoms with Gasteiger partial charge in [0.2, 0.25) is 0 Å². The first kappa shape index (κ1) is 14.1. The van der Waals surface area contributed by atoms with E-state index < -0.39 is 11.9 Å². The first-order valence-corrected chi connectivity index (χ1v) is 7.47. The monoisotopic (exact) mass is 276 g/mol. The lowest BCUT2D eigenvalue weighted by Gasteiger charge is -2.59. The summed E-state index contributed by atoms with van der Waals surface area (Å²) >= 11 is 0. The van der Waals surface area contributed by atoms with Crippen molar-refractivity contribution in [2.75, 3.05) is 13.2 Å². The summed E-state index contributed by atoms with van der Waals surface area (Å²) < 4.78 is 12.2. The molecule has 0 aromatic heterocycles. The van der Waals surface area contributed by atoms with Crippen molar-refractivity contribution < 1.29 is 14.6 Å². The molecule has 0 aromatic rings. The number of aliphatic hydroxyl groups excluding tert-OH is 1. The van der Waals surface area contributed by atoms with Gasteiger partial charge >= 0.3 is 0 Å². The molecule has 3 nitrogen and oxygen atoms in total. The van der Waals surface area contributed by atoms with Crippen molar-refractivity contribution in [3.63, 3.8) is 0 Å². The summed E-state index contributed by atoms with van der Waals surface area (Å²) in [5.74, 6) is -0.0731. The first-order valence-electron chi connectivity index (χ1n) is 7.47. The molecule has 1 saturated heterocycles. The van der Waals surface area contributed by atoms with Crippen molar-refractivity contribution in [3.8, 4) is 0 Å². The quantitative estimate of drug-likeness (QED) is 0.802. The van der Waals surface area contributed by atoms with E-state index in [2.05, 4.69) is 26.2 Å². The maximum absolute atomic E-state index is 10.4. The van der Waals surface area contributed by atoms with Gasteiger partial charge in [-0.1, -0.05) is 23.8 Å². The number of rotatable bonds is 4. The van der Waals surface area contributed by atoms with E-state index in [0.717, 1.165) is 19.3 Å². The average Bonchev–Trinajstić information content (AvgIpc) is 2.89. The van der Waals surface area contributed by atoms with Gasteiger partial charge < -0.3 is 14.6 Å². The lowest BCUT2D eigenvalue weighted by molar-refractivity contribution is -0.276. The second kappa shape index (κ2) is 4.83. The molecule has 2 bridgehead atoms. The van der Waals surface area contributed by atoms with Crippen LogP contribution in [0.25, 0.3) is 0 Å². The highest BCUT2D eigenvalue weighted by molar-refractivity contribution is 5.30. The number of hydrogen-bond donors (Lipinski definition) is 1. The van der Waals surface area contributed by atoms with E-state index >= 15 is 0 Å². The summed E-state index contributed by atoms with van der Waals surface area (Å²) in [6.07, 6.45) is 7.93. The molecule has 1 heterocycles. The summed E-state index contributed by atoms with van der Waals surface area (Å²) in [6, 6.07) is 0. The van der Waals surface area contributed by atoms with Gasteiger partial charge in [0.1, 0.15) is 0 Å². The highest BCUT2D eigenvalue weighted by Gasteiger charge is 2.65. The molecule has 0 radical (unpaired) electrons. The Balaban J connectivity index is 2.12. The molecule has 0 amide bonds. The highest BCUT2D eigenvalue weighted by atomic mass is 16.7. The molecule has 1 saturated carbocycles. The molecule has 4 rings (SSSR count). The Morgan fingerprint density at radius 1 is 1.45 bits per heavy atom. The molecular formula is C17H24O3. The summed E-state index contributed by atoms with van der Waals surface area (Å²) in [7, 11) is 0. The van der Waals surface area contributed by atoms with Gasteiger partial charge in [0.15, 0.2) is 5.79 Å². The third-order valence-corrected chi connectivity index (χ3v) is 5.44. The third-order valence-electron chi connectivity index (χ3n) is 5.44. The number of fused-ring (bicyclic) bond motifs is 1. The Hall–Kier alpha value is -0.900. The molecule has 1 spiro atoms. The largest absolute Gasteiger partial charge is 0.389 e. The van der Waals surface area contributed by atoms with Gasteiger partial charge in [0.25, 0.3) is 0 Å². The van der Waals surface area contributed by atoms with E-state index in [1.807, 2.05) is 6.08 Å². The van der Waals surface area contributed by atoms with Crippen LogP contribution in [0.15, 0.2) is 37.0 Å². The summed E-state index contributed by atoms with van der Waals surface area (Å²) in [5, 5.41) is 10.4. The van der Waals surface area contributed by atoms with Crippen LogP contribution >= 0.6 is 0 Å². The number of hydrogen-bond acceptors (Lipinski definition) is 3. The zero-order chi connectivity index (χ0) is 14.4. The van der Waals surface area contributed by atoms with Crippen molar-refractivity contribution >= 4 is 0 Å². The van der Waals surface area contributed by atoms with Crippen LogP contribution < -0.4 is 0 Å².